The molecule has 2 nitrogen and oxygen atoms in total. The zero-order valence-electron chi connectivity index (χ0n) is 11.2. The van der Waals surface area contributed by atoms with E-state index in [1.807, 2.05) is 13.8 Å². The highest BCUT2D eigenvalue weighted by Gasteiger charge is 2.29. The molecule has 1 aromatic rings. The van der Waals surface area contributed by atoms with Crippen LogP contribution in [0.2, 0.25) is 0 Å². The monoisotopic (exact) mass is 296 g/mol. The van der Waals surface area contributed by atoms with Crippen LogP contribution >= 0.6 is 0 Å². The van der Waals surface area contributed by atoms with Crippen molar-refractivity contribution in [2.45, 2.75) is 39.2 Å². The molecule has 0 saturated heterocycles. The molecule has 1 aromatic carbocycles. The van der Waals surface area contributed by atoms with E-state index < -0.39 is 40.7 Å². The second-order valence-electron chi connectivity index (χ2n) is 5.03. The molecule has 0 heterocycles. The minimum absolute atomic E-state index is 0.174. The Labute approximate surface area is 114 Å². The minimum Gasteiger partial charge on any atom is -0.271 e. The number of nitrogens with one attached hydrogen (secondary N) is 1. The molecular weight excluding hydrogens is 279 g/mol. The molecule has 0 aliphatic heterocycles. The number of halogens is 5. The molecular formula is C13H17F5N2. The first-order valence-corrected chi connectivity index (χ1v) is 6.28. The topological polar surface area (TPSA) is 38.0 Å². The van der Waals surface area contributed by atoms with Crippen LogP contribution in [0.1, 0.15) is 44.7 Å². The number of hydrogen-bond donors (Lipinski definition) is 2. The van der Waals surface area contributed by atoms with Crippen LogP contribution in [-0.2, 0) is 0 Å². The number of hydrazine groups is 1. The van der Waals surface area contributed by atoms with Crippen LogP contribution in [-0.4, -0.2) is 0 Å². The molecule has 0 fully saturated rings. The van der Waals surface area contributed by atoms with E-state index >= 15 is 0 Å². The van der Waals surface area contributed by atoms with Gasteiger partial charge in [-0.3, -0.25) is 11.3 Å². The standard InChI is InChI=1S/C13H17F5N2/c1-6(2)4-3-5-7(20-19)8-9(14)11(16)13(18)12(17)10(8)15/h6-7,20H,3-5,19H2,1-2H3. The maximum absolute atomic E-state index is 13.6. The SMILES string of the molecule is CC(C)CCCC(NN)c1c(F)c(F)c(F)c(F)c1F. The van der Waals surface area contributed by atoms with Gasteiger partial charge in [0.05, 0.1) is 6.04 Å². The van der Waals surface area contributed by atoms with Crippen molar-refractivity contribution >= 4 is 0 Å². The Bertz CT molecular complexity index is 447. The van der Waals surface area contributed by atoms with Crippen molar-refractivity contribution in [3.8, 4) is 0 Å². The molecule has 1 rings (SSSR count). The van der Waals surface area contributed by atoms with Crippen LogP contribution in [0.15, 0.2) is 0 Å². The predicted octanol–water partition coefficient (Wildman–Crippen LogP) is 3.71. The van der Waals surface area contributed by atoms with E-state index in [-0.39, 0.29) is 6.42 Å². The molecule has 1 unspecified atom stereocenters. The van der Waals surface area contributed by atoms with Crippen molar-refractivity contribution in [3.63, 3.8) is 0 Å². The van der Waals surface area contributed by atoms with Crippen LogP contribution in [0.25, 0.3) is 0 Å². The Morgan fingerprint density at radius 3 is 1.70 bits per heavy atom. The summed E-state index contributed by atoms with van der Waals surface area (Å²) < 4.78 is 66.4. The van der Waals surface area contributed by atoms with Gasteiger partial charge in [-0.1, -0.05) is 26.7 Å². The summed E-state index contributed by atoms with van der Waals surface area (Å²) in [6.07, 6.45) is 1.48. The van der Waals surface area contributed by atoms with E-state index in [2.05, 4.69) is 5.43 Å². The normalized spacial score (nSPS) is 13.1. The summed E-state index contributed by atoms with van der Waals surface area (Å²) in [5.41, 5.74) is 1.20. The Kier molecular flexibility index (Phi) is 5.88. The van der Waals surface area contributed by atoms with Gasteiger partial charge in [0.2, 0.25) is 5.82 Å². The second kappa shape index (κ2) is 6.99. The van der Waals surface area contributed by atoms with Gasteiger partial charge in [0, 0.05) is 5.56 Å². The zero-order chi connectivity index (χ0) is 15.4. The molecule has 3 N–H and O–H groups in total. The van der Waals surface area contributed by atoms with Gasteiger partial charge >= 0.3 is 0 Å². The summed E-state index contributed by atoms with van der Waals surface area (Å²) >= 11 is 0. The summed E-state index contributed by atoms with van der Waals surface area (Å²) in [4.78, 5) is 0. The third-order valence-electron chi connectivity index (χ3n) is 3.07. The fraction of sp³-hybridized carbons (Fsp3) is 0.538. The smallest absolute Gasteiger partial charge is 0.200 e. The fourth-order valence-electron chi connectivity index (χ4n) is 1.97. The lowest BCUT2D eigenvalue weighted by molar-refractivity contribution is 0.348. The Morgan fingerprint density at radius 1 is 0.850 bits per heavy atom. The van der Waals surface area contributed by atoms with Gasteiger partial charge in [-0.15, -0.1) is 0 Å². The van der Waals surface area contributed by atoms with E-state index in [9.17, 15) is 22.0 Å². The number of rotatable bonds is 6. The van der Waals surface area contributed by atoms with Crippen LogP contribution in [0.5, 0.6) is 0 Å². The van der Waals surface area contributed by atoms with Crippen LogP contribution in [0.4, 0.5) is 22.0 Å². The van der Waals surface area contributed by atoms with Gasteiger partial charge in [0.1, 0.15) is 0 Å². The molecule has 0 aliphatic rings. The average Bonchev–Trinajstić information content (AvgIpc) is 2.41. The number of benzene rings is 1. The Hall–Kier alpha value is -1.21. The first kappa shape index (κ1) is 16.8. The van der Waals surface area contributed by atoms with Crippen molar-refractivity contribution in [2.24, 2.45) is 11.8 Å². The molecule has 0 amide bonds. The highest BCUT2D eigenvalue weighted by molar-refractivity contribution is 5.27. The largest absolute Gasteiger partial charge is 0.271 e. The van der Waals surface area contributed by atoms with Crippen molar-refractivity contribution in [3.05, 3.63) is 34.6 Å². The summed E-state index contributed by atoms with van der Waals surface area (Å²) in [5, 5.41) is 0. The maximum Gasteiger partial charge on any atom is 0.200 e. The fourth-order valence-corrected chi connectivity index (χ4v) is 1.97. The van der Waals surface area contributed by atoms with E-state index in [0.29, 0.717) is 12.3 Å². The van der Waals surface area contributed by atoms with E-state index in [1.165, 1.54) is 0 Å². The number of nitrogens with two attached hydrogens (primary N) is 1. The zero-order valence-corrected chi connectivity index (χ0v) is 11.2. The van der Waals surface area contributed by atoms with Crippen molar-refractivity contribution in [2.75, 3.05) is 0 Å². The quantitative estimate of drug-likeness (QED) is 0.276. The molecule has 0 aromatic heterocycles. The second-order valence-corrected chi connectivity index (χ2v) is 5.03. The highest BCUT2D eigenvalue weighted by Crippen LogP contribution is 2.30. The van der Waals surface area contributed by atoms with Crippen molar-refractivity contribution in [1.82, 2.24) is 5.43 Å². The van der Waals surface area contributed by atoms with E-state index in [4.69, 9.17) is 5.84 Å². The van der Waals surface area contributed by atoms with Gasteiger partial charge in [0.15, 0.2) is 23.3 Å². The lowest BCUT2D eigenvalue weighted by Gasteiger charge is -2.19. The van der Waals surface area contributed by atoms with Crippen LogP contribution in [0, 0.1) is 35.0 Å². The third kappa shape index (κ3) is 3.46. The number of hydrogen-bond acceptors (Lipinski definition) is 2. The summed E-state index contributed by atoms with van der Waals surface area (Å²) in [5.74, 6) is -4.21. The first-order valence-electron chi connectivity index (χ1n) is 6.28. The maximum atomic E-state index is 13.6. The summed E-state index contributed by atoms with van der Waals surface area (Å²) in [6.45, 7) is 3.92. The molecule has 20 heavy (non-hydrogen) atoms. The lowest BCUT2D eigenvalue weighted by atomic mass is 9.97. The average molecular weight is 296 g/mol. The molecule has 7 heteroatoms. The highest BCUT2D eigenvalue weighted by atomic mass is 19.2. The van der Waals surface area contributed by atoms with Gasteiger partial charge in [-0.2, -0.15) is 0 Å². The van der Waals surface area contributed by atoms with E-state index in [1.54, 1.807) is 0 Å². The molecule has 0 saturated carbocycles. The molecule has 0 radical (unpaired) electrons. The summed E-state index contributed by atoms with van der Waals surface area (Å²) in [7, 11) is 0. The van der Waals surface area contributed by atoms with Gasteiger partial charge in [0.25, 0.3) is 0 Å². The minimum atomic E-state index is -2.17. The Balaban J connectivity index is 3.09. The van der Waals surface area contributed by atoms with Gasteiger partial charge < -0.3 is 0 Å². The van der Waals surface area contributed by atoms with Crippen molar-refractivity contribution in [1.29, 1.82) is 0 Å². The van der Waals surface area contributed by atoms with Gasteiger partial charge in [-0.05, 0) is 12.3 Å². The Morgan fingerprint density at radius 2 is 1.30 bits per heavy atom. The van der Waals surface area contributed by atoms with E-state index in [0.717, 1.165) is 6.42 Å². The van der Waals surface area contributed by atoms with Gasteiger partial charge in [-0.25, -0.2) is 22.0 Å². The third-order valence-corrected chi connectivity index (χ3v) is 3.07. The van der Waals surface area contributed by atoms with Crippen LogP contribution < -0.4 is 11.3 Å². The van der Waals surface area contributed by atoms with Crippen molar-refractivity contribution < 1.29 is 22.0 Å². The predicted molar refractivity (Wildman–Crippen MR) is 65.0 cm³/mol. The first-order chi connectivity index (χ1) is 9.31. The van der Waals surface area contributed by atoms with Crippen LogP contribution in [0.3, 0.4) is 0 Å². The molecule has 0 bridgehead atoms. The molecule has 0 spiro atoms. The molecule has 1 atom stereocenters. The summed E-state index contributed by atoms with van der Waals surface area (Å²) in [6, 6.07) is -1.13. The molecule has 114 valence electrons. The molecule has 0 aliphatic carbocycles. The lowest BCUT2D eigenvalue weighted by Crippen LogP contribution is -2.30.